The number of para-hydroxylation sites is 1. The standard InChI is InChI=1S/C57H33N3O2/c1-2-15-35(16-3-1)55-58-56(60-57(59-55)45-24-13-27-52-54(45)44-22-10-11-25-49(44)61-52)43-21-9-8-20-40(43)42-23-12-26-51-53(42)48-32-36(29-31-50(48)62-51)46-33-47-37-17-5-4-14-34(37)28-30-41(47)38-18-6-7-19-39(38)46/h1-33H. The van der Waals surface area contributed by atoms with Crippen molar-refractivity contribution in [3.63, 3.8) is 0 Å². The van der Waals surface area contributed by atoms with Crippen LogP contribution in [0.4, 0.5) is 0 Å². The van der Waals surface area contributed by atoms with Crippen molar-refractivity contribution in [3.8, 4) is 56.4 Å². The third-order valence-corrected chi connectivity index (χ3v) is 12.3. The van der Waals surface area contributed by atoms with Crippen LogP contribution in [0.2, 0.25) is 0 Å². The first kappa shape index (κ1) is 34.5. The minimum Gasteiger partial charge on any atom is -0.456 e. The fraction of sp³-hybridized carbons (Fsp3) is 0. The highest BCUT2D eigenvalue weighted by Gasteiger charge is 2.22. The highest BCUT2D eigenvalue weighted by atomic mass is 16.3. The van der Waals surface area contributed by atoms with Gasteiger partial charge in [0.2, 0.25) is 0 Å². The molecular formula is C57H33N3O2. The van der Waals surface area contributed by atoms with Crippen molar-refractivity contribution < 1.29 is 8.83 Å². The molecule has 13 rings (SSSR count). The van der Waals surface area contributed by atoms with Crippen LogP contribution in [0.3, 0.4) is 0 Å². The molecule has 0 radical (unpaired) electrons. The molecule has 0 aliphatic carbocycles. The van der Waals surface area contributed by atoms with Crippen LogP contribution in [-0.4, -0.2) is 15.0 Å². The summed E-state index contributed by atoms with van der Waals surface area (Å²) < 4.78 is 12.9. The molecule has 5 heteroatoms. The Morgan fingerprint density at radius 2 is 0.823 bits per heavy atom. The summed E-state index contributed by atoms with van der Waals surface area (Å²) in [6.07, 6.45) is 0. The number of fused-ring (bicyclic) bond motifs is 11. The lowest BCUT2D eigenvalue weighted by molar-refractivity contribution is 0.668. The Bertz CT molecular complexity index is 3940. The maximum absolute atomic E-state index is 6.64. The molecule has 0 fully saturated rings. The first-order chi connectivity index (χ1) is 30.7. The molecular weight excluding hydrogens is 759 g/mol. The summed E-state index contributed by atoms with van der Waals surface area (Å²) in [5.74, 6) is 1.75. The molecule has 0 N–H and O–H groups in total. The van der Waals surface area contributed by atoms with Crippen molar-refractivity contribution >= 4 is 76.2 Å². The van der Waals surface area contributed by atoms with Gasteiger partial charge in [-0.2, -0.15) is 0 Å². The molecule has 3 aromatic heterocycles. The quantitative estimate of drug-likeness (QED) is 0.162. The molecule has 0 aliphatic heterocycles. The van der Waals surface area contributed by atoms with Gasteiger partial charge in [0.15, 0.2) is 17.5 Å². The normalized spacial score (nSPS) is 11.9. The average Bonchev–Trinajstić information content (AvgIpc) is 3.92. The number of nitrogens with zero attached hydrogens (tertiary/aromatic N) is 3. The van der Waals surface area contributed by atoms with E-state index in [0.29, 0.717) is 17.5 Å². The molecule has 10 aromatic carbocycles. The van der Waals surface area contributed by atoms with Crippen LogP contribution in [0, 0.1) is 0 Å². The highest BCUT2D eigenvalue weighted by Crippen LogP contribution is 2.44. The molecule has 0 saturated heterocycles. The second-order valence-corrected chi connectivity index (χ2v) is 15.8. The highest BCUT2D eigenvalue weighted by molar-refractivity contribution is 6.22. The summed E-state index contributed by atoms with van der Waals surface area (Å²) in [5, 5.41) is 11.5. The Morgan fingerprint density at radius 3 is 1.65 bits per heavy atom. The Hall–Kier alpha value is -8.41. The van der Waals surface area contributed by atoms with E-state index in [-0.39, 0.29) is 0 Å². The third kappa shape index (κ3) is 5.32. The topological polar surface area (TPSA) is 65.0 Å². The van der Waals surface area contributed by atoms with E-state index in [2.05, 4.69) is 140 Å². The van der Waals surface area contributed by atoms with Crippen LogP contribution in [0.25, 0.3) is 133 Å². The molecule has 5 nitrogen and oxygen atoms in total. The van der Waals surface area contributed by atoms with Gasteiger partial charge in [0, 0.05) is 38.2 Å². The lowest BCUT2D eigenvalue weighted by Gasteiger charge is -2.14. The third-order valence-electron chi connectivity index (χ3n) is 12.3. The number of rotatable bonds is 5. The van der Waals surface area contributed by atoms with Gasteiger partial charge in [-0.3, -0.25) is 0 Å². The SMILES string of the molecule is c1ccc(-c2nc(-c3ccccc3-c3cccc4oc5ccc(-c6cc7c8ccccc8ccc7c7ccccc67)cc5c34)nc(-c3cccc4oc5ccccc5c34)n2)cc1. The van der Waals surface area contributed by atoms with E-state index in [4.69, 9.17) is 23.8 Å². The summed E-state index contributed by atoms with van der Waals surface area (Å²) in [6, 6.07) is 69.9. The molecule has 0 saturated carbocycles. The Labute approximate surface area is 355 Å². The molecule has 0 unspecified atom stereocenters. The fourth-order valence-electron chi connectivity index (χ4n) is 9.53. The average molecular weight is 792 g/mol. The minimum atomic E-state index is 0.577. The summed E-state index contributed by atoms with van der Waals surface area (Å²) in [6.45, 7) is 0. The predicted octanol–water partition coefficient (Wildman–Crippen LogP) is 15.5. The second kappa shape index (κ2) is 13.6. The second-order valence-electron chi connectivity index (χ2n) is 15.8. The maximum Gasteiger partial charge on any atom is 0.164 e. The van der Waals surface area contributed by atoms with Crippen molar-refractivity contribution in [2.24, 2.45) is 0 Å². The number of hydrogen-bond donors (Lipinski definition) is 0. The maximum atomic E-state index is 6.64. The molecule has 0 aliphatic rings. The smallest absolute Gasteiger partial charge is 0.164 e. The zero-order valence-electron chi connectivity index (χ0n) is 33.2. The first-order valence-electron chi connectivity index (χ1n) is 20.8. The van der Waals surface area contributed by atoms with Gasteiger partial charge in [-0.05, 0) is 91.0 Å². The zero-order chi connectivity index (χ0) is 40.7. The first-order valence-corrected chi connectivity index (χ1v) is 20.8. The van der Waals surface area contributed by atoms with Gasteiger partial charge in [-0.15, -0.1) is 0 Å². The van der Waals surface area contributed by atoms with Crippen molar-refractivity contribution in [3.05, 3.63) is 200 Å². The van der Waals surface area contributed by atoms with E-state index in [1.54, 1.807) is 0 Å². The van der Waals surface area contributed by atoms with Crippen molar-refractivity contribution in [1.82, 2.24) is 15.0 Å². The molecule has 62 heavy (non-hydrogen) atoms. The lowest BCUT2D eigenvalue weighted by Crippen LogP contribution is -2.01. The van der Waals surface area contributed by atoms with Gasteiger partial charge in [0.1, 0.15) is 22.3 Å². The van der Waals surface area contributed by atoms with E-state index < -0.39 is 0 Å². The van der Waals surface area contributed by atoms with Crippen molar-refractivity contribution in [2.75, 3.05) is 0 Å². The van der Waals surface area contributed by atoms with Crippen LogP contribution in [0.15, 0.2) is 209 Å². The van der Waals surface area contributed by atoms with Crippen LogP contribution in [-0.2, 0) is 0 Å². The summed E-state index contributed by atoms with van der Waals surface area (Å²) in [7, 11) is 0. The van der Waals surface area contributed by atoms with Crippen molar-refractivity contribution in [2.45, 2.75) is 0 Å². The van der Waals surface area contributed by atoms with Gasteiger partial charge in [0.05, 0.1) is 0 Å². The number of aromatic nitrogens is 3. The number of furan rings is 2. The largest absolute Gasteiger partial charge is 0.456 e. The van der Waals surface area contributed by atoms with Gasteiger partial charge in [0.25, 0.3) is 0 Å². The molecule has 3 heterocycles. The number of benzene rings is 10. The summed E-state index contributed by atoms with van der Waals surface area (Å²) in [4.78, 5) is 15.6. The summed E-state index contributed by atoms with van der Waals surface area (Å²) >= 11 is 0. The zero-order valence-corrected chi connectivity index (χ0v) is 33.2. The molecule has 0 amide bonds. The van der Waals surface area contributed by atoms with Crippen molar-refractivity contribution in [1.29, 1.82) is 0 Å². The molecule has 0 bridgehead atoms. The number of hydrogen-bond acceptors (Lipinski definition) is 5. The predicted molar refractivity (Wildman–Crippen MR) is 254 cm³/mol. The van der Waals surface area contributed by atoms with Crippen LogP contribution in [0.5, 0.6) is 0 Å². The Morgan fingerprint density at radius 1 is 0.258 bits per heavy atom. The van der Waals surface area contributed by atoms with Crippen LogP contribution >= 0.6 is 0 Å². The van der Waals surface area contributed by atoms with E-state index in [1.807, 2.05) is 60.7 Å². The van der Waals surface area contributed by atoms with Gasteiger partial charge < -0.3 is 8.83 Å². The Kier molecular flexibility index (Phi) is 7.54. The minimum absolute atomic E-state index is 0.577. The fourth-order valence-corrected chi connectivity index (χ4v) is 9.53. The summed E-state index contributed by atoms with van der Waals surface area (Å²) in [5.41, 5.74) is 10.3. The molecule has 288 valence electrons. The van der Waals surface area contributed by atoms with E-state index >= 15 is 0 Å². The monoisotopic (exact) mass is 791 g/mol. The molecule has 0 atom stereocenters. The lowest BCUT2D eigenvalue weighted by atomic mass is 9.90. The van der Waals surface area contributed by atoms with Gasteiger partial charge in [-0.1, -0.05) is 164 Å². The van der Waals surface area contributed by atoms with E-state index in [9.17, 15) is 0 Å². The molecule has 13 aromatic rings. The van der Waals surface area contributed by atoms with E-state index in [0.717, 1.165) is 77.3 Å². The molecule has 0 spiro atoms. The van der Waals surface area contributed by atoms with E-state index in [1.165, 1.54) is 37.9 Å². The van der Waals surface area contributed by atoms with Gasteiger partial charge >= 0.3 is 0 Å². The Balaban J connectivity index is 1.03. The van der Waals surface area contributed by atoms with Crippen LogP contribution in [0.1, 0.15) is 0 Å². The van der Waals surface area contributed by atoms with Gasteiger partial charge in [-0.25, -0.2) is 15.0 Å². The van der Waals surface area contributed by atoms with Crippen LogP contribution < -0.4 is 0 Å².